The van der Waals surface area contributed by atoms with Gasteiger partial charge in [-0.25, -0.2) is 0 Å². The van der Waals surface area contributed by atoms with E-state index in [2.05, 4.69) is 10.1 Å². The molecule has 0 amide bonds. The van der Waals surface area contributed by atoms with Gasteiger partial charge in [0.25, 0.3) is 0 Å². The summed E-state index contributed by atoms with van der Waals surface area (Å²) in [4.78, 5) is 4.29. The van der Waals surface area contributed by atoms with Crippen molar-refractivity contribution in [2.45, 2.75) is 12.5 Å². The van der Waals surface area contributed by atoms with Gasteiger partial charge in [-0.15, -0.1) is 0 Å². The maximum atomic E-state index is 9.56. The summed E-state index contributed by atoms with van der Waals surface area (Å²) < 4.78 is 10.2. The van der Waals surface area contributed by atoms with Crippen molar-refractivity contribution in [3.05, 3.63) is 24.1 Å². The summed E-state index contributed by atoms with van der Waals surface area (Å²) in [6.45, 7) is 0. The molecule has 2 rings (SSSR count). The van der Waals surface area contributed by atoms with Gasteiger partial charge in [0.15, 0.2) is 11.5 Å². The Balaban J connectivity index is 2.20. The average molecular weight is 295 g/mol. The number of nitrogens with zero attached hydrogens (tertiary/aromatic N) is 2. The Kier molecular flexibility index (Phi) is 4.86. The lowest BCUT2D eigenvalue weighted by atomic mass is 10.2. The molecule has 3 N–H and O–H groups in total. The molecule has 1 aromatic carbocycles. The van der Waals surface area contributed by atoms with Crippen LogP contribution in [0.5, 0.6) is 11.5 Å². The first-order chi connectivity index (χ1) is 9.65. The first-order valence-electron chi connectivity index (χ1n) is 6.11. The van der Waals surface area contributed by atoms with E-state index in [4.69, 9.17) is 15.0 Å². The summed E-state index contributed by atoms with van der Waals surface area (Å²) in [5.41, 5.74) is 6.68. The second-order valence-electron chi connectivity index (χ2n) is 4.23. The van der Waals surface area contributed by atoms with Gasteiger partial charge in [0, 0.05) is 5.56 Å². The molecule has 6 nitrogen and oxygen atoms in total. The van der Waals surface area contributed by atoms with Crippen LogP contribution in [0.15, 0.2) is 22.7 Å². The number of thioether (sulfide) groups is 1. The molecule has 0 aliphatic rings. The quantitative estimate of drug-likeness (QED) is 0.843. The average Bonchev–Trinajstić information content (AvgIpc) is 2.95. The zero-order chi connectivity index (χ0) is 14.5. The van der Waals surface area contributed by atoms with Gasteiger partial charge in [0.05, 0.1) is 13.2 Å². The third kappa shape index (κ3) is 3.23. The molecule has 0 saturated heterocycles. The number of ether oxygens (including phenoxy) is 1. The van der Waals surface area contributed by atoms with E-state index < -0.39 is 0 Å². The third-order valence-electron chi connectivity index (χ3n) is 2.83. The van der Waals surface area contributed by atoms with Crippen molar-refractivity contribution in [1.82, 2.24) is 10.1 Å². The number of rotatable bonds is 6. The minimum absolute atomic E-state index is 0.0663. The summed E-state index contributed by atoms with van der Waals surface area (Å²) in [6, 6.07) is 4.61. The van der Waals surface area contributed by atoms with Crippen LogP contribution in [-0.2, 0) is 0 Å². The van der Waals surface area contributed by atoms with Crippen LogP contribution in [0.2, 0.25) is 0 Å². The van der Waals surface area contributed by atoms with E-state index in [-0.39, 0.29) is 11.8 Å². The van der Waals surface area contributed by atoms with Gasteiger partial charge in [-0.05, 0) is 36.6 Å². The largest absolute Gasteiger partial charge is 0.504 e. The smallest absolute Gasteiger partial charge is 0.243 e. The number of phenols is 1. The Morgan fingerprint density at radius 1 is 1.50 bits per heavy atom. The van der Waals surface area contributed by atoms with E-state index in [1.807, 2.05) is 6.26 Å². The molecule has 108 valence electrons. The van der Waals surface area contributed by atoms with E-state index >= 15 is 0 Å². The topological polar surface area (TPSA) is 94.4 Å². The molecule has 1 heterocycles. The normalized spacial score (nSPS) is 12.3. The molecule has 1 atom stereocenters. The van der Waals surface area contributed by atoms with E-state index in [9.17, 15) is 5.11 Å². The first kappa shape index (κ1) is 14.7. The minimum atomic E-state index is -0.261. The zero-order valence-electron chi connectivity index (χ0n) is 11.4. The standard InChI is InChI=1S/C13H17N3O3S/c1-18-11-7-8(3-4-10(11)17)12-15-13(19-16-12)9(14)5-6-20-2/h3-4,7,9,17H,5-6,14H2,1-2H3/t9-/m0/s1. The number of benzene rings is 1. The Hall–Kier alpha value is -1.73. The van der Waals surface area contributed by atoms with E-state index in [0.29, 0.717) is 23.0 Å². The Bertz CT molecular complexity index is 574. The van der Waals surface area contributed by atoms with Crippen LogP contribution < -0.4 is 10.5 Å². The fourth-order valence-electron chi connectivity index (χ4n) is 1.69. The van der Waals surface area contributed by atoms with Crippen LogP contribution >= 0.6 is 11.8 Å². The molecule has 0 aliphatic carbocycles. The number of hydrogen-bond donors (Lipinski definition) is 2. The third-order valence-corrected chi connectivity index (χ3v) is 3.47. The molecule has 20 heavy (non-hydrogen) atoms. The zero-order valence-corrected chi connectivity index (χ0v) is 12.2. The summed E-state index contributed by atoms with van der Waals surface area (Å²) >= 11 is 1.72. The monoisotopic (exact) mass is 295 g/mol. The Morgan fingerprint density at radius 3 is 3.00 bits per heavy atom. The van der Waals surface area contributed by atoms with E-state index in [0.717, 1.165) is 12.2 Å². The molecule has 0 bridgehead atoms. The van der Waals surface area contributed by atoms with Crippen molar-refractivity contribution < 1.29 is 14.4 Å². The summed E-state index contributed by atoms with van der Waals surface area (Å²) in [7, 11) is 1.48. The highest BCUT2D eigenvalue weighted by atomic mass is 32.2. The summed E-state index contributed by atoms with van der Waals surface area (Å²) in [5.74, 6) is 2.21. The molecule has 1 aromatic heterocycles. The Labute approximate surface area is 121 Å². The second-order valence-corrected chi connectivity index (χ2v) is 5.22. The van der Waals surface area contributed by atoms with Crippen molar-refractivity contribution >= 4 is 11.8 Å². The van der Waals surface area contributed by atoms with Gasteiger partial charge in [-0.2, -0.15) is 16.7 Å². The van der Waals surface area contributed by atoms with Crippen molar-refractivity contribution in [1.29, 1.82) is 0 Å². The molecular formula is C13H17N3O3S. The highest BCUT2D eigenvalue weighted by molar-refractivity contribution is 7.98. The van der Waals surface area contributed by atoms with Gasteiger partial charge in [-0.3, -0.25) is 0 Å². The van der Waals surface area contributed by atoms with E-state index in [1.54, 1.807) is 23.9 Å². The number of aromatic hydroxyl groups is 1. The SMILES string of the molecule is COc1cc(-c2noc([C@@H](N)CCSC)n2)ccc1O. The van der Waals surface area contributed by atoms with Gasteiger partial charge >= 0.3 is 0 Å². The molecular weight excluding hydrogens is 278 g/mol. The highest BCUT2D eigenvalue weighted by Gasteiger charge is 2.16. The lowest BCUT2D eigenvalue weighted by molar-refractivity contribution is 0.353. The fourth-order valence-corrected chi connectivity index (χ4v) is 2.18. The molecule has 0 fully saturated rings. The fraction of sp³-hybridized carbons (Fsp3) is 0.385. The van der Waals surface area contributed by atoms with Crippen LogP contribution in [0.4, 0.5) is 0 Å². The number of phenolic OH excluding ortho intramolecular Hbond substituents is 1. The van der Waals surface area contributed by atoms with Gasteiger partial charge in [0.1, 0.15) is 0 Å². The maximum absolute atomic E-state index is 9.56. The van der Waals surface area contributed by atoms with Gasteiger partial charge in [0.2, 0.25) is 11.7 Å². The second kappa shape index (κ2) is 6.62. The number of nitrogens with two attached hydrogens (primary N) is 1. The van der Waals surface area contributed by atoms with Crippen molar-refractivity contribution in [3.63, 3.8) is 0 Å². The van der Waals surface area contributed by atoms with Crippen molar-refractivity contribution in [2.24, 2.45) is 5.73 Å². The molecule has 0 spiro atoms. The first-order valence-corrected chi connectivity index (χ1v) is 7.50. The Morgan fingerprint density at radius 2 is 2.30 bits per heavy atom. The highest BCUT2D eigenvalue weighted by Crippen LogP contribution is 2.30. The molecule has 0 saturated carbocycles. The van der Waals surface area contributed by atoms with Crippen LogP contribution in [0.3, 0.4) is 0 Å². The lowest BCUT2D eigenvalue weighted by Gasteiger charge is -2.04. The van der Waals surface area contributed by atoms with Crippen LogP contribution in [0, 0.1) is 0 Å². The molecule has 0 aliphatic heterocycles. The van der Waals surface area contributed by atoms with Gasteiger partial charge < -0.3 is 20.1 Å². The molecule has 0 unspecified atom stereocenters. The van der Waals surface area contributed by atoms with Crippen LogP contribution in [0.25, 0.3) is 11.4 Å². The van der Waals surface area contributed by atoms with Crippen LogP contribution in [0.1, 0.15) is 18.4 Å². The molecule has 0 radical (unpaired) electrons. The number of hydrogen-bond acceptors (Lipinski definition) is 7. The lowest BCUT2D eigenvalue weighted by Crippen LogP contribution is -2.11. The predicted octanol–water partition coefficient (Wildman–Crippen LogP) is 2.20. The number of aromatic nitrogens is 2. The maximum Gasteiger partial charge on any atom is 0.243 e. The minimum Gasteiger partial charge on any atom is -0.504 e. The van der Waals surface area contributed by atoms with Gasteiger partial charge in [-0.1, -0.05) is 5.16 Å². The summed E-state index contributed by atoms with van der Waals surface area (Å²) in [6.07, 6.45) is 2.80. The molecule has 7 heteroatoms. The van der Waals surface area contributed by atoms with Crippen molar-refractivity contribution in [3.8, 4) is 22.9 Å². The predicted molar refractivity (Wildman–Crippen MR) is 77.9 cm³/mol. The van der Waals surface area contributed by atoms with E-state index in [1.165, 1.54) is 13.2 Å². The molecule has 2 aromatic rings. The van der Waals surface area contributed by atoms with Crippen LogP contribution in [-0.4, -0.2) is 34.4 Å². The number of methoxy groups -OCH3 is 1. The van der Waals surface area contributed by atoms with Crippen molar-refractivity contribution in [2.75, 3.05) is 19.1 Å². The summed E-state index contributed by atoms with van der Waals surface area (Å²) in [5, 5.41) is 13.5.